The monoisotopic (exact) mass is 528 g/mol. The Morgan fingerprint density at radius 1 is 0.650 bits per heavy atom. The summed E-state index contributed by atoms with van der Waals surface area (Å²) in [4.78, 5) is 2.67. The molecule has 8 rings (SSSR count). The molecule has 0 atom stereocenters. The van der Waals surface area contributed by atoms with Crippen molar-refractivity contribution in [2.45, 2.75) is 12.8 Å². The minimum absolute atomic E-state index is 0.846. The molecule has 0 bridgehead atoms. The van der Waals surface area contributed by atoms with Crippen LogP contribution in [-0.4, -0.2) is 0 Å². The Morgan fingerprint density at radius 2 is 1.35 bits per heavy atom. The van der Waals surface area contributed by atoms with Crippen molar-refractivity contribution in [3.05, 3.63) is 139 Å². The lowest BCUT2D eigenvalue weighted by atomic mass is 9.89. The third kappa shape index (κ3) is 3.63. The fourth-order valence-electron chi connectivity index (χ4n) is 6.06. The third-order valence-corrected chi connectivity index (χ3v) is 9.18. The molecule has 0 N–H and O–H groups in total. The highest BCUT2D eigenvalue weighted by molar-refractivity contribution is 7.19. The van der Waals surface area contributed by atoms with Crippen LogP contribution in [0, 0.1) is 12.1 Å². The van der Waals surface area contributed by atoms with Gasteiger partial charge < -0.3 is 4.42 Å². The average molecular weight is 529 g/mol. The van der Waals surface area contributed by atoms with Crippen molar-refractivity contribution in [3.63, 3.8) is 0 Å². The molecule has 0 saturated carbocycles. The molecule has 7 aromatic rings. The molecule has 0 aliphatic heterocycles. The van der Waals surface area contributed by atoms with Gasteiger partial charge in [-0.3, -0.25) is 0 Å². The van der Waals surface area contributed by atoms with E-state index in [0.717, 1.165) is 45.9 Å². The molecular weight excluding hydrogens is 504 g/mol. The van der Waals surface area contributed by atoms with Gasteiger partial charge in [-0.2, -0.15) is 0 Å². The number of thiophene rings is 1. The number of allylic oxidation sites excluding steroid dienone is 1. The second kappa shape index (κ2) is 9.42. The van der Waals surface area contributed by atoms with Crippen LogP contribution in [0.15, 0.2) is 120 Å². The molecule has 1 nitrogen and oxygen atoms in total. The first-order valence-corrected chi connectivity index (χ1v) is 14.5. The standard InChI is InChI=1S/C38H24OS/c1-2-13-25(14-3-1)26-15-4-6-17-29(26)37-31-19-8-9-20-32(31)38(40-37)30-18-7-5-16-27(30)28-22-12-24-35-36(28)33-21-10-11-23-34(33)39-35/h1-8,10-11,13-19,21,23-24H,9,20H2. The first-order valence-electron chi connectivity index (χ1n) is 13.7. The summed E-state index contributed by atoms with van der Waals surface area (Å²) < 4.78 is 6.21. The number of hydrogen-bond donors (Lipinski definition) is 0. The van der Waals surface area contributed by atoms with E-state index in [9.17, 15) is 0 Å². The SMILES string of the molecule is c1cc2oc3ccccc3c2c(-c2ccccc2-c2sc(-c3ccccc3-c3ccccc3)c3c2CCC=C3)c#1. The van der Waals surface area contributed by atoms with Crippen molar-refractivity contribution in [1.29, 1.82) is 0 Å². The van der Waals surface area contributed by atoms with Crippen LogP contribution in [0.2, 0.25) is 0 Å². The quantitative estimate of drug-likeness (QED) is 0.221. The maximum absolute atomic E-state index is 6.21. The summed E-state index contributed by atoms with van der Waals surface area (Å²) in [5, 5.41) is 2.21. The van der Waals surface area contributed by atoms with Gasteiger partial charge in [0.2, 0.25) is 0 Å². The number of rotatable bonds is 4. The van der Waals surface area contributed by atoms with E-state index in [2.05, 4.69) is 115 Å². The van der Waals surface area contributed by atoms with Gasteiger partial charge in [0.15, 0.2) is 0 Å². The first-order chi connectivity index (χ1) is 19.9. The highest BCUT2D eigenvalue weighted by atomic mass is 32.1. The molecule has 1 aliphatic carbocycles. The van der Waals surface area contributed by atoms with Crippen LogP contribution in [0.25, 0.3) is 71.1 Å². The molecule has 0 spiro atoms. The summed E-state index contributed by atoms with van der Waals surface area (Å²) in [7, 11) is 0. The number of para-hydroxylation sites is 1. The van der Waals surface area contributed by atoms with E-state index in [0.29, 0.717) is 0 Å². The third-order valence-electron chi connectivity index (χ3n) is 7.86. The van der Waals surface area contributed by atoms with Crippen molar-refractivity contribution >= 4 is 39.4 Å². The van der Waals surface area contributed by atoms with Crippen molar-refractivity contribution in [3.8, 4) is 43.1 Å². The Morgan fingerprint density at radius 3 is 2.20 bits per heavy atom. The molecule has 0 amide bonds. The van der Waals surface area contributed by atoms with Crippen LogP contribution in [0.3, 0.4) is 0 Å². The number of hydrogen-bond acceptors (Lipinski definition) is 2. The molecule has 0 radical (unpaired) electrons. The van der Waals surface area contributed by atoms with Crippen molar-refractivity contribution < 1.29 is 4.42 Å². The second-order valence-corrected chi connectivity index (χ2v) is 11.2. The highest BCUT2D eigenvalue weighted by Crippen LogP contribution is 2.50. The largest absolute Gasteiger partial charge is 0.455 e. The molecule has 0 unspecified atom stereocenters. The zero-order valence-electron chi connectivity index (χ0n) is 21.8. The van der Waals surface area contributed by atoms with Crippen LogP contribution in [0.4, 0.5) is 0 Å². The van der Waals surface area contributed by atoms with E-state index in [1.165, 1.54) is 43.1 Å². The Bertz CT molecular complexity index is 2050. The van der Waals surface area contributed by atoms with Crippen molar-refractivity contribution in [2.75, 3.05) is 0 Å². The van der Waals surface area contributed by atoms with Gasteiger partial charge in [-0.25, -0.2) is 0 Å². The fourth-order valence-corrected chi connectivity index (χ4v) is 7.48. The van der Waals surface area contributed by atoms with Gasteiger partial charge in [-0.15, -0.1) is 11.3 Å². The van der Waals surface area contributed by atoms with Crippen molar-refractivity contribution in [1.82, 2.24) is 0 Å². The maximum Gasteiger partial charge on any atom is 0.145 e. The summed E-state index contributed by atoms with van der Waals surface area (Å²) in [5.41, 5.74) is 11.8. The van der Waals surface area contributed by atoms with Gasteiger partial charge in [-0.05, 0) is 46.7 Å². The predicted molar refractivity (Wildman–Crippen MR) is 168 cm³/mol. The normalized spacial score (nSPS) is 12.5. The molecule has 2 heteroatoms. The summed E-state index contributed by atoms with van der Waals surface area (Å²) in [6.07, 6.45) is 6.75. The maximum atomic E-state index is 6.21. The number of benzene rings is 4. The molecule has 188 valence electrons. The fraction of sp³-hybridized carbons (Fsp3) is 0.0526. The van der Waals surface area contributed by atoms with Gasteiger partial charge in [0.05, 0.1) is 0 Å². The Kier molecular flexibility index (Phi) is 5.43. The van der Waals surface area contributed by atoms with Crippen LogP contribution >= 0.6 is 11.3 Å². The molecule has 0 fully saturated rings. The second-order valence-electron chi connectivity index (χ2n) is 10.2. The van der Waals surface area contributed by atoms with Crippen LogP contribution in [0.5, 0.6) is 0 Å². The van der Waals surface area contributed by atoms with Gasteiger partial charge in [-0.1, -0.05) is 121 Å². The van der Waals surface area contributed by atoms with Gasteiger partial charge >= 0.3 is 0 Å². The zero-order valence-corrected chi connectivity index (χ0v) is 22.6. The van der Waals surface area contributed by atoms with E-state index in [4.69, 9.17) is 4.42 Å². The van der Waals surface area contributed by atoms with Gasteiger partial charge in [0, 0.05) is 43.3 Å². The molecule has 2 aromatic heterocycles. The summed E-state index contributed by atoms with van der Waals surface area (Å²) in [6.45, 7) is 0. The summed E-state index contributed by atoms with van der Waals surface area (Å²) in [5.74, 6) is 0. The Hall–Kier alpha value is -4.84. The lowest BCUT2D eigenvalue weighted by Crippen LogP contribution is -1.94. The van der Waals surface area contributed by atoms with E-state index in [1.54, 1.807) is 0 Å². The number of furan rings is 1. The van der Waals surface area contributed by atoms with Gasteiger partial charge in [0.25, 0.3) is 0 Å². The van der Waals surface area contributed by atoms with Crippen molar-refractivity contribution in [2.24, 2.45) is 0 Å². The van der Waals surface area contributed by atoms with E-state index >= 15 is 0 Å². The van der Waals surface area contributed by atoms with Crippen LogP contribution in [-0.2, 0) is 6.42 Å². The lowest BCUT2D eigenvalue weighted by molar-refractivity contribution is 0.669. The molecule has 0 saturated heterocycles. The zero-order chi connectivity index (χ0) is 26.5. The topological polar surface area (TPSA) is 13.1 Å². The molecule has 1 aliphatic rings. The summed E-state index contributed by atoms with van der Waals surface area (Å²) in [6, 6.07) is 45.2. The molecule has 40 heavy (non-hydrogen) atoms. The Labute approximate surface area is 237 Å². The minimum Gasteiger partial charge on any atom is -0.455 e. The lowest BCUT2D eigenvalue weighted by Gasteiger charge is -2.13. The molecule has 5 aromatic carbocycles. The predicted octanol–water partition coefficient (Wildman–Crippen LogP) is 10.9. The van der Waals surface area contributed by atoms with Crippen LogP contribution < -0.4 is 0 Å². The first kappa shape index (κ1) is 23.1. The van der Waals surface area contributed by atoms with E-state index in [1.807, 2.05) is 29.5 Å². The molecular formula is C38H24OS. The Balaban J connectivity index is 1.37. The van der Waals surface area contributed by atoms with Gasteiger partial charge in [0.1, 0.15) is 11.2 Å². The highest BCUT2D eigenvalue weighted by Gasteiger charge is 2.24. The minimum atomic E-state index is 0.846. The van der Waals surface area contributed by atoms with E-state index in [-0.39, 0.29) is 0 Å². The summed E-state index contributed by atoms with van der Waals surface area (Å²) >= 11 is 1.91. The van der Waals surface area contributed by atoms with Crippen LogP contribution in [0.1, 0.15) is 17.5 Å². The average Bonchev–Trinajstić information content (AvgIpc) is 3.60. The molecule has 2 heterocycles. The van der Waals surface area contributed by atoms with E-state index < -0.39 is 0 Å². The smallest absolute Gasteiger partial charge is 0.145 e. The number of fused-ring (bicyclic) bond motifs is 4.